The van der Waals surface area contributed by atoms with E-state index in [-0.39, 0.29) is 5.79 Å². The van der Waals surface area contributed by atoms with E-state index in [0.717, 1.165) is 50.0 Å². The zero-order valence-electron chi connectivity index (χ0n) is 19.6. The summed E-state index contributed by atoms with van der Waals surface area (Å²) in [5.74, 6) is 5.23. The summed E-state index contributed by atoms with van der Waals surface area (Å²) in [6.45, 7) is 10.8. The van der Waals surface area contributed by atoms with Gasteiger partial charge in [0.15, 0.2) is 5.79 Å². The van der Waals surface area contributed by atoms with Crippen molar-refractivity contribution in [3.05, 3.63) is 0 Å². The molecule has 0 bridgehead atoms. The summed E-state index contributed by atoms with van der Waals surface area (Å²) in [6.07, 6.45) is 12.2. The fraction of sp³-hybridized carbons (Fsp3) is 0.963. The Morgan fingerprint density at radius 1 is 0.933 bits per heavy atom. The van der Waals surface area contributed by atoms with Crippen LogP contribution in [-0.4, -0.2) is 24.3 Å². The largest absolute Gasteiger partial charge is 0.349 e. The SMILES string of the molecule is CC1CCC2(OC1)O[C@H]1CC3C4CC[C@@H]5CC(=O)CC[C@]5(C)C4CC[C@]3(C)C1C2C. The summed E-state index contributed by atoms with van der Waals surface area (Å²) < 4.78 is 13.4. The minimum atomic E-state index is -0.292. The van der Waals surface area contributed by atoms with Crippen molar-refractivity contribution in [3.63, 3.8) is 0 Å². The van der Waals surface area contributed by atoms with Crippen LogP contribution >= 0.6 is 0 Å². The Labute approximate surface area is 183 Å². The van der Waals surface area contributed by atoms with E-state index in [1.54, 1.807) is 0 Å². The molecule has 3 nitrogen and oxygen atoms in total. The minimum absolute atomic E-state index is 0.292. The van der Waals surface area contributed by atoms with E-state index >= 15 is 0 Å². The van der Waals surface area contributed by atoms with Gasteiger partial charge in [0.1, 0.15) is 5.78 Å². The van der Waals surface area contributed by atoms with Crippen molar-refractivity contribution in [2.24, 2.45) is 52.3 Å². The van der Waals surface area contributed by atoms with E-state index in [0.29, 0.717) is 46.4 Å². The average Bonchev–Trinajstić information content (AvgIpc) is 3.16. The summed E-state index contributed by atoms with van der Waals surface area (Å²) in [7, 11) is 0. The van der Waals surface area contributed by atoms with E-state index in [4.69, 9.17) is 9.47 Å². The Bertz CT molecular complexity index is 724. The van der Waals surface area contributed by atoms with Crippen LogP contribution in [0.2, 0.25) is 0 Å². The highest BCUT2D eigenvalue weighted by Gasteiger charge is 2.69. The summed E-state index contributed by atoms with van der Waals surface area (Å²) in [5, 5.41) is 0. The van der Waals surface area contributed by atoms with Crippen molar-refractivity contribution in [1.29, 1.82) is 0 Å². The molecule has 3 heteroatoms. The molecule has 0 aromatic heterocycles. The van der Waals surface area contributed by atoms with E-state index in [2.05, 4.69) is 27.7 Å². The number of ether oxygens (including phenoxy) is 2. The third-order valence-corrected chi connectivity index (χ3v) is 11.7. The monoisotopic (exact) mass is 414 g/mol. The van der Waals surface area contributed by atoms with Crippen LogP contribution in [0.4, 0.5) is 0 Å². The molecule has 2 saturated heterocycles. The lowest BCUT2D eigenvalue weighted by molar-refractivity contribution is -0.273. The van der Waals surface area contributed by atoms with Gasteiger partial charge in [-0.3, -0.25) is 4.79 Å². The number of ketones is 1. The molecule has 0 aromatic rings. The Kier molecular flexibility index (Phi) is 4.42. The number of hydrogen-bond donors (Lipinski definition) is 0. The second kappa shape index (κ2) is 6.56. The van der Waals surface area contributed by atoms with Gasteiger partial charge in [0.2, 0.25) is 0 Å². The number of fused-ring (bicyclic) bond motifs is 7. The number of carbonyl (C=O) groups excluding carboxylic acids is 1. The van der Waals surface area contributed by atoms with Crippen molar-refractivity contribution in [1.82, 2.24) is 0 Å². The molecule has 0 N–H and O–H groups in total. The van der Waals surface area contributed by atoms with Gasteiger partial charge >= 0.3 is 0 Å². The van der Waals surface area contributed by atoms with Gasteiger partial charge in [-0.1, -0.05) is 27.7 Å². The van der Waals surface area contributed by atoms with E-state index in [1.807, 2.05) is 0 Å². The zero-order chi connectivity index (χ0) is 20.9. The molecule has 1 spiro atoms. The molecule has 2 aliphatic heterocycles. The summed E-state index contributed by atoms with van der Waals surface area (Å²) in [4.78, 5) is 12.2. The number of carbonyl (C=O) groups is 1. The predicted molar refractivity (Wildman–Crippen MR) is 117 cm³/mol. The van der Waals surface area contributed by atoms with Crippen molar-refractivity contribution in [3.8, 4) is 0 Å². The van der Waals surface area contributed by atoms with Gasteiger partial charge in [0, 0.05) is 25.2 Å². The van der Waals surface area contributed by atoms with E-state index in [1.165, 1.54) is 38.5 Å². The van der Waals surface area contributed by atoms with Gasteiger partial charge < -0.3 is 9.47 Å². The minimum Gasteiger partial charge on any atom is -0.349 e. The maximum absolute atomic E-state index is 12.2. The summed E-state index contributed by atoms with van der Waals surface area (Å²) >= 11 is 0. The lowest BCUT2D eigenvalue weighted by Gasteiger charge is -2.60. The molecule has 6 rings (SSSR count). The highest BCUT2D eigenvalue weighted by molar-refractivity contribution is 5.79. The summed E-state index contributed by atoms with van der Waals surface area (Å²) in [5.41, 5.74) is 0.820. The first-order chi connectivity index (χ1) is 14.3. The molecular formula is C27H42O3. The molecule has 0 radical (unpaired) electrons. The molecule has 6 fully saturated rings. The van der Waals surface area contributed by atoms with Gasteiger partial charge in [0.05, 0.1) is 12.7 Å². The fourth-order valence-corrected chi connectivity index (χ4v) is 10.1. The molecule has 168 valence electrons. The predicted octanol–water partition coefficient (Wildman–Crippen LogP) is 6.00. The standard InChI is InChI=1S/C27H42O3/c1-16-7-12-27(29-15-16)17(2)24-23(30-27)14-22-20-6-5-18-13-19(28)8-10-25(18,3)21(20)9-11-26(22,24)4/h16-18,20-24H,5-15H2,1-4H3/t16?,17?,18-,20?,21?,22?,23+,24?,25+,26+,27?/m1/s1. The molecule has 4 saturated carbocycles. The Morgan fingerprint density at radius 2 is 1.77 bits per heavy atom. The lowest BCUT2D eigenvalue weighted by atomic mass is 9.44. The van der Waals surface area contributed by atoms with Gasteiger partial charge in [-0.15, -0.1) is 0 Å². The topological polar surface area (TPSA) is 35.5 Å². The van der Waals surface area contributed by atoms with Crippen LogP contribution in [-0.2, 0) is 14.3 Å². The Morgan fingerprint density at radius 3 is 2.53 bits per heavy atom. The van der Waals surface area contributed by atoms with Gasteiger partial charge in [0.25, 0.3) is 0 Å². The van der Waals surface area contributed by atoms with Crippen LogP contribution in [0.25, 0.3) is 0 Å². The smallest absolute Gasteiger partial charge is 0.171 e. The second-order valence-corrected chi connectivity index (χ2v) is 12.9. The molecule has 7 unspecified atom stereocenters. The maximum Gasteiger partial charge on any atom is 0.171 e. The normalized spacial score (nSPS) is 60.1. The second-order valence-electron chi connectivity index (χ2n) is 12.9. The molecule has 0 amide bonds. The third-order valence-electron chi connectivity index (χ3n) is 11.7. The van der Waals surface area contributed by atoms with Crippen molar-refractivity contribution < 1.29 is 14.3 Å². The first kappa shape index (κ1) is 20.2. The highest BCUT2D eigenvalue weighted by Crippen LogP contribution is 2.71. The first-order valence-corrected chi connectivity index (χ1v) is 13.1. The van der Waals surface area contributed by atoms with E-state index < -0.39 is 0 Å². The zero-order valence-corrected chi connectivity index (χ0v) is 19.6. The molecule has 2 heterocycles. The van der Waals surface area contributed by atoms with Gasteiger partial charge in [-0.05, 0) is 91.3 Å². The van der Waals surface area contributed by atoms with Crippen LogP contribution in [0.5, 0.6) is 0 Å². The van der Waals surface area contributed by atoms with Crippen LogP contribution in [0.15, 0.2) is 0 Å². The number of rotatable bonds is 0. The van der Waals surface area contributed by atoms with Crippen LogP contribution in [0, 0.1) is 52.3 Å². The molecule has 0 aromatic carbocycles. The van der Waals surface area contributed by atoms with Crippen molar-refractivity contribution in [2.45, 2.75) is 104 Å². The van der Waals surface area contributed by atoms with Crippen LogP contribution < -0.4 is 0 Å². The molecule has 30 heavy (non-hydrogen) atoms. The third kappa shape index (κ3) is 2.54. The quantitative estimate of drug-likeness (QED) is 0.487. The highest BCUT2D eigenvalue weighted by atomic mass is 16.7. The average molecular weight is 415 g/mol. The lowest BCUT2D eigenvalue weighted by Crippen LogP contribution is -2.54. The first-order valence-electron chi connectivity index (χ1n) is 13.1. The number of Topliss-reactive ketones (excluding diaryl/α,β-unsaturated/α-hetero) is 1. The summed E-state index contributed by atoms with van der Waals surface area (Å²) in [6, 6.07) is 0. The van der Waals surface area contributed by atoms with Crippen molar-refractivity contribution in [2.75, 3.05) is 6.61 Å². The van der Waals surface area contributed by atoms with Gasteiger partial charge in [-0.25, -0.2) is 0 Å². The van der Waals surface area contributed by atoms with E-state index in [9.17, 15) is 4.79 Å². The van der Waals surface area contributed by atoms with Crippen molar-refractivity contribution >= 4 is 5.78 Å². The molecular weight excluding hydrogens is 372 g/mol. The Hall–Kier alpha value is -0.410. The molecule has 4 aliphatic carbocycles. The number of hydrogen-bond acceptors (Lipinski definition) is 3. The van der Waals surface area contributed by atoms with Crippen LogP contribution in [0.3, 0.4) is 0 Å². The van der Waals surface area contributed by atoms with Gasteiger partial charge in [-0.2, -0.15) is 0 Å². The molecule has 6 aliphatic rings. The maximum atomic E-state index is 12.2. The van der Waals surface area contributed by atoms with Crippen LogP contribution in [0.1, 0.15) is 91.9 Å². The molecule has 11 atom stereocenters. The Balaban J connectivity index is 1.26. The fourth-order valence-electron chi connectivity index (χ4n) is 10.1.